The Morgan fingerprint density at radius 2 is 1.84 bits per heavy atom. The van der Waals surface area contributed by atoms with Crippen molar-refractivity contribution in [3.63, 3.8) is 0 Å². The summed E-state index contributed by atoms with van der Waals surface area (Å²) in [4.78, 5) is 12.3. The van der Waals surface area contributed by atoms with Gasteiger partial charge in [-0.05, 0) is 61.9 Å². The number of nitrogens with one attached hydrogen (secondary N) is 1. The summed E-state index contributed by atoms with van der Waals surface area (Å²) in [7, 11) is -3.95. The molecule has 0 spiro atoms. The maximum Gasteiger partial charge on any atom is 0.231 e. The van der Waals surface area contributed by atoms with Crippen LogP contribution in [0.1, 0.15) is 21.6 Å². The van der Waals surface area contributed by atoms with Crippen LogP contribution in [0.25, 0.3) is 4.72 Å². The van der Waals surface area contributed by atoms with Gasteiger partial charge in [-0.3, -0.25) is 4.79 Å². The van der Waals surface area contributed by atoms with E-state index in [1.807, 2.05) is 0 Å². The Labute approximate surface area is 178 Å². The highest BCUT2D eigenvalue weighted by molar-refractivity contribution is 7.94. The maximum atomic E-state index is 12.5. The number of carbonyl (C=O) groups is 1. The highest BCUT2D eigenvalue weighted by Crippen LogP contribution is 2.33. The van der Waals surface area contributed by atoms with Crippen molar-refractivity contribution in [3.8, 4) is 11.5 Å². The monoisotopic (exact) mass is 440 g/mol. The molecule has 0 atom stereocenters. The summed E-state index contributed by atoms with van der Waals surface area (Å²) in [5, 5.41) is 6.63. The van der Waals surface area contributed by atoms with E-state index < -0.39 is 10.0 Å². The Kier molecular flexibility index (Phi) is 5.38. The quantitative estimate of drug-likeness (QED) is 0.428. The lowest BCUT2D eigenvalue weighted by Crippen LogP contribution is -1.99. The van der Waals surface area contributed by atoms with Gasteiger partial charge in [0.15, 0.2) is 17.3 Å². The first kappa shape index (κ1) is 20.5. The fraction of sp³-hybridized carbons (Fsp3) is 0.143. The number of allylic oxidation sites excluding steroid dienone is 1. The Morgan fingerprint density at radius 1 is 1.10 bits per heavy atom. The van der Waals surface area contributed by atoms with Gasteiger partial charge < -0.3 is 24.0 Å². The predicted octanol–water partition coefficient (Wildman–Crippen LogP) is 4.22. The summed E-state index contributed by atoms with van der Waals surface area (Å²) >= 11 is 0. The molecule has 0 unspecified atom stereocenters. The van der Waals surface area contributed by atoms with Crippen molar-refractivity contribution in [1.29, 1.82) is 0 Å². The summed E-state index contributed by atoms with van der Waals surface area (Å²) in [6, 6.07) is 10.9. The molecule has 160 valence electrons. The molecule has 1 aromatic heterocycles. The number of ketones is 1. The van der Waals surface area contributed by atoms with Crippen molar-refractivity contribution >= 4 is 27.4 Å². The lowest BCUT2D eigenvalue weighted by atomic mass is 10.1. The summed E-state index contributed by atoms with van der Waals surface area (Å²) < 4.78 is 44.1. The van der Waals surface area contributed by atoms with E-state index in [0.29, 0.717) is 34.0 Å². The summed E-state index contributed by atoms with van der Waals surface area (Å²) in [6.45, 7) is 3.53. The zero-order valence-electron chi connectivity index (χ0n) is 16.7. The van der Waals surface area contributed by atoms with Gasteiger partial charge in [-0.15, -0.1) is 0 Å². The third-order valence-electron chi connectivity index (χ3n) is 4.63. The molecule has 0 saturated carbocycles. The number of nitrogens with zero attached hydrogens (tertiary/aromatic N) is 2. The number of hydrogen-bond acceptors (Lipinski definition) is 8. The fourth-order valence-electron chi connectivity index (χ4n) is 2.73. The minimum atomic E-state index is -3.95. The number of ether oxygens (including phenoxy) is 2. The lowest BCUT2D eigenvalue weighted by Gasteiger charge is -2.19. The van der Waals surface area contributed by atoms with Crippen molar-refractivity contribution in [2.24, 2.45) is 0 Å². The van der Waals surface area contributed by atoms with E-state index >= 15 is 0 Å². The molecule has 1 N–H and O–H groups in total. The molecule has 3 aromatic rings. The van der Waals surface area contributed by atoms with Gasteiger partial charge >= 0.3 is 0 Å². The van der Waals surface area contributed by atoms with Gasteiger partial charge in [0, 0.05) is 23.5 Å². The second-order valence-corrected chi connectivity index (χ2v) is 8.30. The minimum Gasteiger partial charge on any atom is -0.539 e. The van der Waals surface area contributed by atoms with Crippen LogP contribution in [-0.4, -0.2) is 26.2 Å². The molecule has 31 heavy (non-hydrogen) atoms. The van der Waals surface area contributed by atoms with Crippen molar-refractivity contribution in [3.05, 3.63) is 76.3 Å². The molecule has 9 nitrogen and oxygen atoms in total. The van der Waals surface area contributed by atoms with E-state index in [0.717, 1.165) is 0 Å². The third-order valence-corrected chi connectivity index (χ3v) is 5.90. The molecule has 0 bridgehead atoms. The molecule has 0 fully saturated rings. The van der Waals surface area contributed by atoms with Gasteiger partial charge in [0.25, 0.3) is 0 Å². The molecule has 0 radical (unpaired) electrons. The number of carbonyl (C=O) groups excluding carboxylic acids is 1. The molecular formula is C21H18N3O6S-. The van der Waals surface area contributed by atoms with Crippen LogP contribution in [0.2, 0.25) is 0 Å². The van der Waals surface area contributed by atoms with Gasteiger partial charge in [-0.25, -0.2) is 8.42 Å². The standard InChI is InChI=1S/C21H19N3O6S/c1-13-14(2)23-30-21(13)24-31(26,27)17-6-4-16(5-7-17)22-10-9-18(25)15-3-8-19-20(11-15)29-12-28-19/h3-11H,12H2,1-2H3,(H2,22,23,24,25)/p-1. The molecule has 10 heteroatoms. The molecule has 2 heterocycles. The highest BCUT2D eigenvalue weighted by Gasteiger charge is 2.15. The Bertz CT molecular complexity index is 1260. The number of aryl methyl sites for hydroxylation is 1. The van der Waals surface area contributed by atoms with Crippen LogP contribution in [0, 0.1) is 13.8 Å². The average molecular weight is 440 g/mol. The van der Waals surface area contributed by atoms with E-state index in [9.17, 15) is 13.2 Å². The second kappa shape index (κ2) is 8.15. The largest absolute Gasteiger partial charge is 0.539 e. The van der Waals surface area contributed by atoms with Crippen LogP contribution in [0.5, 0.6) is 11.5 Å². The maximum absolute atomic E-state index is 12.5. The topological polar surface area (TPSA) is 122 Å². The smallest absolute Gasteiger partial charge is 0.231 e. The SMILES string of the molecule is Cc1noc([N-]S(=O)(=O)c2ccc(N/C=C/C(=O)c3ccc4c(c3)OCO4)cc2)c1C. The number of aromatic nitrogens is 1. The molecule has 0 amide bonds. The van der Waals surface area contributed by atoms with Crippen LogP contribution >= 0.6 is 0 Å². The van der Waals surface area contributed by atoms with Crippen LogP contribution in [0.15, 0.2) is 64.2 Å². The van der Waals surface area contributed by atoms with Crippen molar-refractivity contribution in [1.82, 2.24) is 5.16 Å². The van der Waals surface area contributed by atoms with E-state index in [1.54, 1.807) is 44.2 Å². The van der Waals surface area contributed by atoms with E-state index in [4.69, 9.17) is 14.0 Å². The Morgan fingerprint density at radius 3 is 2.55 bits per heavy atom. The van der Waals surface area contributed by atoms with Gasteiger partial charge in [0.2, 0.25) is 6.79 Å². The Hall–Kier alpha value is -3.79. The second-order valence-electron chi connectivity index (χ2n) is 6.70. The van der Waals surface area contributed by atoms with Crippen LogP contribution in [0.3, 0.4) is 0 Å². The van der Waals surface area contributed by atoms with Crippen molar-refractivity contribution in [2.45, 2.75) is 18.7 Å². The number of anilines is 1. The molecule has 1 aliphatic rings. The number of sulfonamides is 1. The van der Waals surface area contributed by atoms with Crippen LogP contribution in [0.4, 0.5) is 11.6 Å². The van der Waals surface area contributed by atoms with Gasteiger partial charge in [0.05, 0.1) is 16.5 Å². The van der Waals surface area contributed by atoms with Gasteiger partial charge in [-0.2, -0.15) is 0 Å². The lowest BCUT2D eigenvalue weighted by molar-refractivity contribution is 0.104. The normalized spacial score (nSPS) is 12.8. The first-order valence-corrected chi connectivity index (χ1v) is 10.7. The van der Waals surface area contributed by atoms with Crippen molar-refractivity contribution < 1.29 is 27.2 Å². The highest BCUT2D eigenvalue weighted by atomic mass is 32.2. The minimum absolute atomic E-state index is 0.00641. The van der Waals surface area contributed by atoms with E-state index in [1.165, 1.54) is 24.4 Å². The predicted molar refractivity (Wildman–Crippen MR) is 112 cm³/mol. The van der Waals surface area contributed by atoms with Crippen molar-refractivity contribution in [2.75, 3.05) is 12.1 Å². The van der Waals surface area contributed by atoms with Gasteiger partial charge in [0.1, 0.15) is 10.0 Å². The third kappa shape index (κ3) is 4.38. The summed E-state index contributed by atoms with van der Waals surface area (Å²) in [5.41, 5.74) is 2.21. The number of fused-ring (bicyclic) bond motifs is 1. The first-order chi connectivity index (χ1) is 14.8. The number of rotatable bonds is 7. The molecule has 0 saturated heterocycles. The Balaban J connectivity index is 1.39. The van der Waals surface area contributed by atoms with E-state index in [2.05, 4.69) is 15.2 Å². The average Bonchev–Trinajstić information content (AvgIpc) is 3.35. The molecule has 1 aliphatic heterocycles. The number of hydrogen-bond donors (Lipinski definition) is 1. The zero-order chi connectivity index (χ0) is 22.0. The summed E-state index contributed by atoms with van der Waals surface area (Å²) in [6.07, 6.45) is 2.84. The fourth-order valence-corrected chi connectivity index (χ4v) is 3.71. The van der Waals surface area contributed by atoms with Gasteiger partial charge in [-0.1, -0.05) is 5.16 Å². The number of benzene rings is 2. The van der Waals surface area contributed by atoms with Crippen LogP contribution < -0.4 is 14.8 Å². The van der Waals surface area contributed by atoms with Crippen LogP contribution in [-0.2, 0) is 10.0 Å². The molecule has 2 aromatic carbocycles. The first-order valence-electron chi connectivity index (χ1n) is 9.21. The summed E-state index contributed by atoms with van der Waals surface area (Å²) in [5.74, 6) is 0.880. The molecule has 4 rings (SSSR count). The molecule has 0 aliphatic carbocycles. The molecular weight excluding hydrogens is 422 g/mol. The zero-order valence-corrected chi connectivity index (χ0v) is 17.5. The van der Waals surface area contributed by atoms with E-state index in [-0.39, 0.29) is 23.4 Å².